The maximum absolute atomic E-state index is 6.37. The maximum atomic E-state index is 6.37. The third-order valence-electron chi connectivity index (χ3n) is 9.05. The minimum absolute atomic E-state index is 0.223. The molecule has 0 heterocycles. The molecule has 0 radical (unpaired) electrons. The summed E-state index contributed by atoms with van der Waals surface area (Å²) in [5.41, 5.74) is 6.37. The normalized spacial score (nSPS) is 19.3. The predicted molar refractivity (Wildman–Crippen MR) is 200 cm³/mol. The van der Waals surface area contributed by atoms with Gasteiger partial charge in [0.1, 0.15) is 0 Å². The second-order valence-corrected chi connectivity index (χ2v) is 13.6. The molecule has 0 aromatic carbocycles. The van der Waals surface area contributed by atoms with Gasteiger partial charge in [0.2, 0.25) is 0 Å². The first-order valence-electron chi connectivity index (χ1n) is 19.8. The van der Waals surface area contributed by atoms with Crippen LogP contribution in [0.25, 0.3) is 0 Å². The molecular weight excluding hydrogens is 550 g/mol. The van der Waals surface area contributed by atoms with Crippen LogP contribution < -0.4 is 5.73 Å². The second-order valence-electron chi connectivity index (χ2n) is 13.6. The summed E-state index contributed by atoms with van der Waals surface area (Å²) in [6, 6.07) is 0.223. The Morgan fingerprint density at radius 1 is 0.422 bits per heavy atom. The summed E-state index contributed by atoms with van der Waals surface area (Å²) in [5, 5.41) is 0. The Bertz CT molecular complexity index is 653. The van der Waals surface area contributed by atoms with E-state index in [0.29, 0.717) is 0 Å². The van der Waals surface area contributed by atoms with Gasteiger partial charge in [-0.1, -0.05) is 140 Å². The van der Waals surface area contributed by atoms with Crippen LogP contribution in [-0.2, 0) is 9.47 Å². The van der Waals surface area contributed by atoms with Crippen molar-refractivity contribution in [1.29, 1.82) is 0 Å². The molecule has 1 rings (SSSR count). The standard InChI is InChI=1S/C42H77NO2/c1-3-5-7-9-11-13-15-17-19-21-23-25-27-29-31-33-35-44-41-37-40(43)38-42(39-41)45-36-34-32-30-28-26-24-22-20-18-16-14-12-10-8-6-4-2/h11-14,17-20,40-42H,3-10,15-16,21-39,43H2,1-2H3/b13-11-,14-12-,19-17-,20-18-. The van der Waals surface area contributed by atoms with Crippen LogP contribution in [-0.4, -0.2) is 31.5 Å². The molecule has 0 aromatic rings. The second kappa shape index (κ2) is 34.2. The Hall–Kier alpha value is -1.16. The lowest BCUT2D eigenvalue weighted by atomic mass is 9.91. The van der Waals surface area contributed by atoms with Crippen LogP contribution in [0.2, 0.25) is 0 Å². The van der Waals surface area contributed by atoms with Gasteiger partial charge in [0.15, 0.2) is 0 Å². The Morgan fingerprint density at radius 3 is 1.13 bits per heavy atom. The number of ether oxygens (including phenoxy) is 2. The number of rotatable bonds is 32. The average molecular weight is 628 g/mol. The van der Waals surface area contributed by atoms with E-state index in [1.807, 2.05) is 0 Å². The fourth-order valence-electron chi connectivity index (χ4n) is 6.21. The van der Waals surface area contributed by atoms with Gasteiger partial charge >= 0.3 is 0 Å². The van der Waals surface area contributed by atoms with Crippen LogP contribution in [0.4, 0.5) is 0 Å². The quantitative estimate of drug-likeness (QED) is 0.0596. The van der Waals surface area contributed by atoms with Gasteiger partial charge in [-0.2, -0.15) is 0 Å². The molecule has 1 fully saturated rings. The highest BCUT2D eigenvalue weighted by Gasteiger charge is 2.27. The Balaban J connectivity index is 1.90. The average Bonchev–Trinajstić information content (AvgIpc) is 3.03. The largest absolute Gasteiger partial charge is 0.378 e. The molecule has 2 unspecified atom stereocenters. The topological polar surface area (TPSA) is 44.5 Å². The van der Waals surface area contributed by atoms with E-state index in [0.717, 1.165) is 45.3 Å². The molecule has 1 aliphatic rings. The van der Waals surface area contributed by atoms with E-state index < -0.39 is 0 Å². The van der Waals surface area contributed by atoms with E-state index in [2.05, 4.69) is 62.5 Å². The van der Waals surface area contributed by atoms with E-state index in [4.69, 9.17) is 15.2 Å². The Kier molecular flexibility index (Phi) is 31.8. The zero-order valence-electron chi connectivity index (χ0n) is 30.3. The van der Waals surface area contributed by atoms with E-state index in [9.17, 15) is 0 Å². The first-order chi connectivity index (χ1) is 22.3. The number of nitrogens with two attached hydrogens (primary N) is 1. The summed E-state index contributed by atoms with van der Waals surface area (Å²) in [6.07, 6.45) is 53.1. The van der Waals surface area contributed by atoms with Gasteiger partial charge in [-0.15, -0.1) is 0 Å². The van der Waals surface area contributed by atoms with Gasteiger partial charge < -0.3 is 15.2 Å². The maximum Gasteiger partial charge on any atom is 0.0614 e. The summed E-state index contributed by atoms with van der Waals surface area (Å²) in [4.78, 5) is 0. The molecule has 0 spiro atoms. The zero-order valence-corrected chi connectivity index (χ0v) is 30.3. The molecule has 3 nitrogen and oxygen atoms in total. The van der Waals surface area contributed by atoms with Gasteiger partial charge in [-0.3, -0.25) is 0 Å². The molecule has 1 aliphatic carbocycles. The lowest BCUT2D eigenvalue weighted by molar-refractivity contribution is -0.0512. The van der Waals surface area contributed by atoms with Crippen molar-refractivity contribution in [1.82, 2.24) is 0 Å². The summed E-state index contributed by atoms with van der Waals surface area (Å²) in [7, 11) is 0. The van der Waals surface area contributed by atoms with E-state index in [1.54, 1.807) is 0 Å². The molecule has 0 bridgehead atoms. The van der Waals surface area contributed by atoms with Crippen LogP contribution >= 0.6 is 0 Å². The fourth-order valence-corrected chi connectivity index (χ4v) is 6.21. The molecule has 0 aromatic heterocycles. The van der Waals surface area contributed by atoms with Gasteiger partial charge in [0.05, 0.1) is 12.2 Å². The molecular formula is C42H77NO2. The minimum Gasteiger partial charge on any atom is -0.378 e. The van der Waals surface area contributed by atoms with Crippen molar-refractivity contribution >= 4 is 0 Å². The lowest BCUT2D eigenvalue weighted by Crippen LogP contribution is -2.40. The van der Waals surface area contributed by atoms with Crippen LogP contribution in [0.15, 0.2) is 48.6 Å². The highest BCUT2D eigenvalue weighted by Crippen LogP contribution is 2.24. The van der Waals surface area contributed by atoms with Crippen molar-refractivity contribution in [2.75, 3.05) is 13.2 Å². The van der Waals surface area contributed by atoms with E-state index in [1.165, 1.54) is 141 Å². The first kappa shape index (κ1) is 41.9. The molecule has 0 saturated heterocycles. The SMILES string of the molecule is CCCCC/C=C\C/C=C\CCCCCCCCOC1CC(N)CC(OCCCCCCCC/C=C\C/C=C\CCCCC)C1. The van der Waals surface area contributed by atoms with Gasteiger partial charge in [-0.05, 0) is 96.3 Å². The molecule has 2 N–H and O–H groups in total. The van der Waals surface area contributed by atoms with Crippen molar-refractivity contribution in [3.63, 3.8) is 0 Å². The molecule has 0 aliphatic heterocycles. The highest BCUT2D eigenvalue weighted by molar-refractivity contribution is 4.93. The van der Waals surface area contributed by atoms with Crippen molar-refractivity contribution < 1.29 is 9.47 Å². The number of allylic oxidation sites excluding steroid dienone is 8. The van der Waals surface area contributed by atoms with Crippen LogP contribution in [0, 0.1) is 0 Å². The monoisotopic (exact) mass is 628 g/mol. The summed E-state index contributed by atoms with van der Waals surface area (Å²) in [5.74, 6) is 0. The summed E-state index contributed by atoms with van der Waals surface area (Å²) in [6.45, 7) is 6.29. The predicted octanol–water partition coefficient (Wildman–Crippen LogP) is 12.9. The Labute approximate surface area is 282 Å². The third-order valence-corrected chi connectivity index (χ3v) is 9.05. The molecule has 3 heteroatoms. The van der Waals surface area contributed by atoms with Crippen molar-refractivity contribution in [2.24, 2.45) is 5.73 Å². The summed E-state index contributed by atoms with van der Waals surface area (Å²) >= 11 is 0. The van der Waals surface area contributed by atoms with Gasteiger partial charge in [0, 0.05) is 19.3 Å². The van der Waals surface area contributed by atoms with Crippen molar-refractivity contribution in [3.8, 4) is 0 Å². The van der Waals surface area contributed by atoms with Gasteiger partial charge in [0.25, 0.3) is 0 Å². The molecule has 0 amide bonds. The van der Waals surface area contributed by atoms with Gasteiger partial charge in [-0.25, -0.2) is 0 Å². The van der Waals surface area contributed by atoms with Crippen LogP contribution in [0.3, 0.4) is 0 Å². The molecule has 45 heavy (non-hydrogen) atoms. The Morgan fingerprint density at radius 2 is 0.756 bits per heavy atom. The third kappa shape index (κ3) is 30.0. The number of hydrogen-bond donors (Lipinski definition) is 1. The summed E-state index contributed by atoms with van der Waals surface area (Å²) < 4.78 is 12.5. The van der Waals surface area contributed by atoms with Crippen LogP contribution in [0.5, 0.6) is 0 Å². The minimum atomic E-state index is 0.223. The van der Waals surface area contributed by atoms with Crippen LogP contribution in [0.1, 0.15) is 187 Å². The zero-order chi connectivity index (χ0) is 32.3. The van der Waals surface area contributed by atoms with Crippen molar-refractivity contribution in [3.05, 3.63) is 48.6 Å². The number of hydrogen-bond acceptors (Lipinski definition) is 3. The van der Waals surface area contributed by atoms with Crippen molar-refractivity contribution in [2.45, 2.75) is 205 Å². The molecule has 262 valence electrons. The fraction of sp³-hybridized carbons (Fsp3) is 0.810. The first-order valence-corrected chi connectivity index (χ1v) is 19.8. The smallest absolute Gasteiger partial charge is 0.0614 e. The van der Waals surface area contributed by atoms with E-state index in [-0.39, 0.29) is 18.2 Å². The molecule has 1 saturated carbocycles. The number of unbranched alkanes of at least 4 members (excludes halogenated alkanes) is 18. The molecule has 2 atom stereocenters. The highest BCUT2D eigenvalue weighted by atomic mass is 16.5. The lowest BCUT2D eigenvalue weighted by Gasteiger charge is -2.33. The van der Waals surface area contributed by atoms with E-state index >= 15 is 0 Å².